The zero-order chi connectivity index (χ0) is 12.1. The van der Waals surface area contributed by atoms with Gasteiger partial charge in [0.1, 0.15) is 0 Å². The highest BCUT2D eigenvalue weighted by Crippen LogP contribution is 2.19. The molecule has 16 heavy (non-hydrogen) atoms. The molecule has 94 valence electrons. The lowest BCUT2D eigenvalue weighted by molar-refractivity contribution is -0.123. The summed E-state index contributed by atoms with van der Waals surface area (Å²) in [6.45, 7) is 10.7. The van der Waals surface area contributed by atoms with Gasteiger partial charge in [-0.2, -0.15) is 0 Å². The van der Waals surface area contributed by atoms with Crippen molar-refractivity contribution in [2.45, 2.75) is 46.6 Å². The van der Waals surface area contributed by atoms with Crippen molar-refractivity contribution in [2.75, 3.05) is 13.1 Å². The van der Waals surface area contributed by atoms with Crippen LogP contribution in [0.5, 0.6) is 0 Å². The molecule has 0 aliphatic carbocycles. The van der Waals surface area contributed by atoms with E-state index in [0.717, 1.165) is 25.9 Å². The van der Waals surface area contributed by atoms with Gasteiger partial charge in [-0.1, -0.05) is 27.7 Å². The maximum atomic E-state index is 11.8. The SMILES string of the molecule is CC(C)C(CNC(=O)C1CCCN1)C(C)C. The lowest BCUT2D eigenvalue weighted by Crippen LogP contribution is -2.43. The van der Waals surface area contributed by atoms with Crippen LogP contribution in [0.2, 0.25) is 0 Å². The van der Waals surface area contributed by atoms with Gasteiger partial charge >= 0.3 is 0 Å². The first-order valence-corrected chi connectivity index (χ1v) is 6.53. The average Bonchev–Trinajstić information content (AvgIpc) is 2.69. The molecule has 0 saturated carbocycles. The Morgan fingerprint density at radius 2 is 1.94 bits per heavy atom. The van der Waals surface area contributed by atoms with Crippen LogP contribution in [0.25, 0.3) is 0 Å². The van der Waals surface area contributed by atoms with E-state index in [1.54, 1.807) is 0 Å². The van der Waals surface area contributed by atoms with Crippen LogP contribution in [0, 0.1) is 17.8 Å². The minimum absolute atomic E-state index is 0.0555. The van der Waals surface area contributed by atoms with Gasteiger partial charge in [0.2, 0.25) is 5.91 Å². The number of carbonyl (C=O) groups is 1. The first-order valence-electron chi connectivity index (χ1n) is 6.53. The Morgan fingerprint density at radius 3 is 2.38 bits per heavy atom. The summed E-state index contributed by atoms with van der Waals surface area (Å²) < 4.78 is 0. The van der Waals surface area contributed by atoms with Gasteiger partial charge in [-0.25, -0.2) is 0 Å². The maximum Gasteiger partial charge on any atom is 0.237 e. The molecule has 0 aromatic carbocycles. The van der Waals surface area contributed by atoms with E-state index < -0.39 is 0 Å². The van der Waals surface area contributed by atoms with E-state index in [9.17, 15) is 4.79 Å². The second-order valence-corrected chi connectivity index (χ2v) is 5.55. The first kappa shape index (κ1) is 13.5. The Morgan fingerprint density at radius 1 is 1.31 bits per heavy atom. The van der Waals surface area contributed by atoms with E-state index >= 15 is 0 Å². The summed E-state index contributed by atoms with van der Waals surface area (Å²) in [4.78, 5) is 11.8. The van der Waals surface area contributed by atoms with Gasteiger partial charge in [0.15, 0.2) is 0 Å². The summed E-state index contributed by atoms with van der Waals surface area (Å²) in [5.41, 5.74) is 0. The van der Waals surface area contributed by atoms with Crippen molar-refractivity contribution in [3.63, 3.8) is 0 Å². The monoisotopic (exact) mass is 226 g/mol. The summed E-state index contributed by atoms with van der Waals surface area (Å²) in [6.07, 6.45) is 2.11. The van der Waals surface area contributed by atoms with Crippen molar-refractivity contribution in [3.8, 4) is 0 Å². The molecule has 1 aliphatic rings. The molecule has 1 amide bonds. The molecule has 1 saturated heterocycles. The summed E-state index contributed by atoms with van der Waals surface area (Å²) in [6, 6.07) is 0.0555. The summed E-state index contributed by atoms with van der Waals surface area (Å²) in [7, 11) is 0. The number of hydrogen-bond donors (Lipinski definition) is 2. The van der Waals surface area contributed by atoms with Crippen LogP contribution in [0.1, 0.15) is 40.5 Å². The molecule has 3 nitrogen and oxygen atoms in total. The third-order valence-electron chi connectivity index (χ3n) is 3.60. The highest BCUT2D eigenvalue weighted by molar-refractivity contribution is 5.81. The molecule has 0 aromatic heterocycles. The Balaban J connectivity index is 2.33. The van der Waals surface area contributed by atoms with Gasteiger partial charge in [0.25, 0.3) is 0 Å². The molecule has 1 rings (SSSR count). The number of carbonyl (C=O) groups excluding carboxylic acids is 1. The molecular weight excluding hydrogens is 200 g/mol. The van der Waals surface area contributed by atoms with Crippen LogP contribution < -0.4 is 10.6 Å². The zero-order valence-corrected chi connectivity index (χ0v) is 11.0. The molecule has 0 bridgehead atoms. The number of rotatable bonds is 5. The van der Waals surface area contributed by atoms with E-state index in [1.807, 2.05) is 0 Å². The standard InChI is InChI=1S/C13H26N2O/c1-9(2)11(10(3)4)8-15-13(16)12-6-5-7-14-12/h9-12,14H,5-8H2,1-4H3,(H,15,16). The fourth-order valence-electron chi connectivity index (χ4n) is 2.49. The van der Waals surface area contributed by atoms with Crippen molar-refractivity contribution in [1.82, 2.24) is 10.6 Å². The van der Waals surface area contributed by atoms with Crippen LogP contribution >= 0.6 is 0 Å². The number of amides is 1. The Hall–Kier alpha value is -0.570. The lowest BCUT2D eigenvalue weighted by Gasteiger charge is -2.25. The van der Waals surface area contributed by atoms with Gasteiger partial charge in [-0.05, 0) is 37.1 Å². The fraction of sp³-hybridized carbons (Fsp3) is 0.923. The molecule has 0 spiro atoms. The molecule has 0 aromatic rings. The molecule has 0 radical (unpaired) electrons. The van der Waals surface area contributed by atoms with Crippen LogP contribution in [0.3, 0.4) is 0 Å². The van der Waals surface area contributed by atoms with Gasteiger partial charge in [0, 0.05) is 6.54 Å². The highest BCUT2D eigenvalue weighted by atomic mass is 16.2. The number of hydrogen-bond acceptors (Lipinski definition) is 2. The third kappa shape index (κ3) is 3.78. The van der Waals surface area contributed by atoms with Crippen LogP contribution in [0.15, 0.2) is 0 Å². The Labute approximate surface area is 99.4 Å². The lowest BCUT2D eigenvalue weighted by atomic mass is 9.85. The van der Waals surface area contributed by atoms with Crippen molar-refractivity contribution >= 4 is 5.91 Å². The second kappa shape index (κ2) is 6.24. The molecule has 1 aliphatic heterocycles. The van der Waals surface area contributed by atoms with Gasteiger partial charge in [0.05, 0.1) is 6.04 Å². The largest absolute Gasteiger partial charge is 0.354 e. The fourth-order valence-corrected chi connectivity index (χ4v) is 2.49. The summed E-state index contributed by atoms with van der Waals surface area (Å²) in [5, 5.41) is 6.31. The topological polar surface area (TPSA) is 41.1 Å². The van der Waals surface area contributed by atoms with Gasteiger partial charge in [-0.3, -0.25) is 4.79 Å². The Kier molecular flexibility index (Phi) is 5.26. The molecule has 1 heterocycles. The normalized spacial score (nSPS) is 21.1. The third-order valence-corrected chi connectivity index (χ3v) is 3.60. The van der Waals surface area contributed by atoms with Gasteiger partial charge in [-0.15, -0.1) is 0 Å². The molecule has 2 N–H and O–H groups in total. The average molecular weight is 226 g/mol. The van der Waals surface area contributed by atoms with E-state index in [4.69, 9.17) is 0 Å². The number of nitrogens with one attached hydrogen (secondary N) is 2. The summed E-state index contributed by atoms with van der Waals surface area (Å²) >= 11 is 0. The predicted molar refractivity (Wildman–Crippen MR) is 67.2 cm³/mol. The summed E-state index contributed by atoms with van der Waals surface area (Å²) in [5.74, 6) is 2.00. The second-order valence-electron chi connectivity index (χ2n) is 5.55. The quantitative estimate of drug-likeness (QED) is 0.750. The first-order chi connectivity index (χ1) is 7.52. The smallest absolute Gasteiger partial charge is 0.237 e. The maximum absolute atomic E-state index is 11.8. The minimum atomic E-state index is 0.0555. The molecular formula is C13H26N2O. The van der Waals surface area contributed by atoms with E-state index in [1.165, 1.54) is 0 Å². The molecule has 1 fully saturated rings. The predicted octanol–water partition coefficient (Wildman–Crippen LogP) is 1.78. The van der Waals surface area contributed by atoms with Crippen molar-refractivity contribution in [1.29, 1.82) is 0 Å². The van der Waals surface area contributed by atoms with E-state index in [-0.39, 0.29) is 11.9 Å². The van der Waals surface area contributed by atoms with Crippen molar-refractivity contribution in [2.24, 2.45) is 17.8 Å². The highest BCUT2D eigenvalue weighted by Gasteiger charge is 2.24. The van der Waals surface area contributed by atoms with Crippen LogP contribution in [-0.4, -0.2) is 25.0 Å². The molecule has 3 heteroatoms. The Bertz CT molecular complexity index is 212. The van der Waals surface area contributed by atoms with E-state index in [2.05, 4.69) is 38.3 Å². The van der Waals surface area contributed by atoms with Crippen molar-refractivity contribution < 1.29 is 4.79 Å². The van der Waals surface area contributed by atoms with Crippen LogP contribution in [0.4, 0.5) is 0 Å². The van der Waals surface area contributed by atoms with Gasteiger partial charge < -0.3 is 10.6 Å². The van der Waals surface area contributed by atoms with Crippen molar-refractivity contribution in [3.05, 3.63) is 0 Å². The minimum Gasteiger partial charge on any atom is -0.354 e. The molecule has 1 unspecified atom stereocenters. The zero-order valence-electron chi connectivity index (χ0n) is 11.0. The van der Waals surface area contributed by atoms with E-state index in [0.29, 0.717) is 17.8 Å². The molecule has 1 atom stereocenters. The van der Waals surface area contributed by atoms with Crippen LogP contribution in [-0.2, 0) is 4.79 Å².